The maximum absolute atomic E-state index is 4.76. The Morgan fingerprint density at radius 2 is 1.87 bits per heavy atom. The minimum atomic E-state index is 0.790. The van der Waals surface area contributed by atoms with Crippen LogP contribution in [0.4, 0.5) is 0 Å². The molecule has 0 N–H and O–H groups in total. The first-order valence-electron chi connectivity index (χ1n) is 7.55. The third-order valence-electron chi connectivity index (χ3n) is 4.41. The number of rotatable bonds is 0. The van der Waals surface area contributed by atoms with Crippen molar-refractivity contribution in [3.63, 3.8) is 0 Å². The molecular weight excluding hydrogens is 302 g/mol. The van der Waals surface area contributed by atoms with Crippen molar-refractivity contribution >= 4 is 33.6 Å². The number of pyridine rings is 3. The molecule has 0 radical (unpaired) electrons. The highest BCUT2D eigenvalue weighted by Gasteiger charge is 2.23. The fourth-order valence-corrected chi connectivity index (χ4v) is 4.39. The first-order valence-corrected chi connectivity index (χ1v) is 8.37. The van der Waals surface area contributed by atoms with E-state index in [0.29, 0.717) is 0 Å². The van der Waals surface area contributed by atoms with Crippen LogP contribution >= 0.6 is 11.8 Å². The summed E-state index contributed by atoms with van der Waals surface area (Å²) in [6.07, 6.45) is 3.76. The number of aryl methyl sites for hydroxylation is 2. The molecule has 3 aromatic heterocycles. The van der Waals surface area contributed by atoms with Gasteiger partial charge in [0.1, 0.15) is 5.03 Å². The van der Waals surface area contributed by atoms with Crippen LogP contribution in [0.25, 0.3) is 33.1 Å². The Kier molecular flexibility index (Phi) is 2.56. The molecule has 1 aliphatic heterocycles. The molecule has 0 fully saturated rings. The predicted octanol–water partition coefficient (Wildman–Crippen LogP) is 4.93. The second kappa shape index (κ2) is 4.52. The van der Waals surface area contributed by atoms with Gasteiger partial charge in [-0.3, -0.25) is 4.98 Å². The van der Waals surface area contributed by atoms with E-state index in [2.05, 4.69) is 43.1 Å². The highest BCUT2D eigenvalue weighted by atomic mass is 32.2. The van der Waals surface area contributed by atoms with E-state index in [1.54, 1.807) is 18.0 Å². The molecule has 110 valence electrons. The van der Waals surface area contributed by atoms with Gasteiger partial charge in [-0.25, -0.2) is 9.97 Å². The van der Waals surface area contributed by atoms with E-state index in [4.69, 9.17) is 9.97 Å². The summed E-state index contributed by atoms with van der Waals surface area (Å²) < 4.78 is 0. The molecule has 0 amide bonds. The van der Waals surface area contributed by atoms with E-state index in [9.17, 15) is 0 Å². The Morgan fingerprint density at radius 1 is 0.957 bits per heavy atom. The molecule has 1 aromatic carbocycles. The van der Waals surface area contributed by atoms with E-state index in [1.165, 1.54) is 26.8 Å². The molecule has 0 unspecified atom stereocenters. The fraction of sp³-hybridized carbons (Fsp3) is 0.105. The molecule has 5 rings (SSSR count). The van der Waals surface area contributed by atoms with Crippen LogP contribution in [0, 0.1) is 13.8 Å². The van der Waals surface area contributed by atoms with Crippen molar-refractivity contribution in [3.05, 3.63) is 53.9 Å². The Labute approximate surface area is 137 Å². The maximum Gasteiger partial charge on any atom is 0.160 e. The average Bonchev–Trinajstić information content (AvgIpc) is 2.57. The lowest BCUT2D eigenvalue weighted by atomic mass is 9.98. The highest BCUT2D eigenvalue weighted by molar-refractivity contribution is 7.99. The Hall–Kier alpha value is -2.46. The first kappa shape index (κ1) is 13.0. The molecule has 4 heterocycles. The van der Waals surface area contributed by atoms with Gasteiger partial charge in [0.25, 0.3) is 0 Å². The molecule has 23 heavy (non-hydrogen) atoms. The third kappa shape index (κ3) is 1.75. The van der Waals surface area contributed by atoms with E-state index in [0.717, 1.165) is 27.3 Å². The van der Waals surface area contributed by atoms with E-state index in [-0.39, 0.29) is 0 Å². The first-order chi connectivity index (χ1) is 11.2. The minimum Gasteiger partial charge on any atom is -0.255 e. The van der Waals surface area contributed by atoms with E-state index in [1.807, 2.05) is 12.3 Å². The van der Waals surface area contributed by atoms with Gasteiger partial charge in [0, 0.05) is 33.6 Å². The average molecular weight is 315 g/mol. The van der Waals surface area contributed by atoms with Crippen LogP contribution in [0.2, 0.25) is 0 Å². The Bertz CT molecular complexity index is 1110. The van der Waals surface area contributed by atoms with Gasteiger partial charge in [-0.05, 0) is 54.6 Å². The second-order valence-corrected chi connectivity index (χ2v) is 6.94. The number of hydrogen-bond donors (Lipinski definition) is 0. The van der Waals surface area contributed by atoms with Crippen LogP contribution in [-0.4, -0.2) is 15.0 Å². The van der Waals surface area contributed by atoms with Crippen molar-refractivity contribution < 1.29 is 0 Å². The van der Waals surface area contributed by atoms with Gasteiger partial charge in [-0.1, -0.05) is 17.8 Å². The molecule has 4 aromatic rings. The zero-order valence-electron chi connectivity index (χ0n) is 12.8. The van der Waals surface area contributed by atoms with Crippen LogP contribution in [0.15, 0.2) is 52.6 Å². The largest absolute Gasteiger partial charge is 0.255 e. The monoisotopic (exact) mass is 315 g/mol. The van der Waals surface area contributed by atoms with Gasteiger partial charge in [0.2, 0.25) is 0 Å². The van der Waals surface area contributed by atoms with Crippen molar-refractivity contribution in [2.75, 3.05) is 0 Å². The lowest BCUT2D eigenvalue weighted by molar-refractivity contribution is 1.13. The molecule has 0 spiro atoms. The van der Waals surface area contributed by atoms with E-state index >= 15 is 0 Å². The zero-order chi connectivity index (χ0) is 15.6. The van der Waals surface area contributed by atoms with Gasteiger partial charge in [-0.2, -0.15) is 0 Å². The predicted molar refractivity (Wildman–Crippen MR) is 93.9 cm³/mol. The standard InChI is InChI=1S/C19H13N3S/c1-10-5-6-14-16-15(10)11(2)9-21-17(16)13-8-12-4-3-7-20-18(12)22-19(13)23-14/h3-9H,1-2H3. The van der Waals surface area contributed by atoms with Crippen molar-refractivity contribution in [2.24, 2.45) is 0 Å². The van der Waals surface area contributed by atoms with Crippen molar-refractivity contribution in [1.82, 2.24) is 15.0 Å². The van der Waals surface area contributed by atoms with Gasteiger partial charge >= 0.3 is 0 Å². The summed E-state index contributed by atoms with van der Waals surface area (Å²) in [6, 6.07) is 10.5. The minimum absolute atomic E-state index is 0.790. The van der Waals surface area contributed by atoms with Crippen LogP contribution in [-0.2, 0) is 0 Å². The normalized spacial score (nSPS) is 12.6. The number of aromatic nitrogens is 3. The highest BCUT2D eigenvalue weighted by Crippen LogP contribution is 2.47. The summed E-state index contributed by atoms with van der Waals surface area (Å²) in [7, 11) is 0. The molecule has 0 bridgehead atoms. The molecule has 1 aliphatic rings. The van der Waals surface area contributed by atoms with Crippen LogP contribution in [0.3, 0.4) is 0 Å². The van der Waals surface area contributed by atoms with Crippen molar-refractivity contribution in [2.45, 2.75) is 23.8 Å². The fourth-order valence-electron chi connectivity index (χ4n) is 3.35. The lowest BCUT2D eigenvalue weighted by Gasteiger charge is -2.20. The van der Waals surface area contributed by atoms with Crippen LogP contribution in [0.1, 0.15) is 11.1 Å². The van der Waals surface area contributed by atoms with E-state index < -0.39 is 0 Å². The molecular formula is C19H13N3S. The van der Waals surface area contributed by atoms with Gasteiger partial charge in [-0.15, -0.1) is 0 Å². The molecule has 3 nitrogen and oxygen atoms in total. The summed E-state index contributed by atoms with van der Waals surface area (Å²) >= 11 is 1.72. The zero-order valence-corrected chi connectivity index (χ0v) is 13.6. The Balaban J connectivity index is 1.95. The molecule has 0 saturated heterocycles. The number of benzene rings is 1. The smallest absolute Gasteiger partial charge is 0.160 e. The number of fused-ring (bicyclic) bond motifs is 3. The summed E-state index contributed by atoms with van der Waals surface area (Å²) in [6.45, 7) is 4.30. The summed E-state index contributed by atoms with van der Waals surface area (Å²) in [5.41, 5.74) is 5.46. The van der Waals surface area contributed by atoms with Crippen molar-refractivity contribution in [1.29, 1.82) is 0 Å². The summed E-state index contributed by atoms with van der Waals surface area (Å²) in [4.78, 5) is 15.1. The number of nitrogens with zero attached hydrogens (tertiary/aromatic N) is 3. The maximum atomic E-state index is 4.76. The molecule has 4 heteroatoms. The molecule has 0 saturated carbocycles. The SMILES string of the molecule is Cc1ccc2c3c(ncc(C)c13)-c1cc3cccnc3nc1S2. The van der Waals surface area contributed by atoms with Crippen LogP contribution < -0.4 is 0 Å². The summed E-state index contributed by atoms with van der Waals surface area (Å²) in [5.74, 6) is 0. The third-order valence-corrected chi connectivity index (χ3v) is 5.47. The lowest BCUT2D eigenvalue weighted by Crippen LogP contribution is -2.00. The Morgan fingerprint density at radius 3 is 2.78 bits per heavy atom. The molecule has 0 aliphatic carbocycles. The number of hydrogen-bond acceptors (Lipinski definition) is 4. The second-order valence-electron chi connectivity index (χ2n) is 5.91. The van der Waals surface area contributed by atoms with Gasteiger partial charge in [0.15, 0.2) is 5.65 Å². The quantitative estimate of drug-likeness (QED) is 0.406. The topological polar surface area (TPSA) is 38.7 Å². The van der Waals surface area contributed by atoms with Crippen molar-refractivity contribution in [3.8, 4) is 11.3 Å². The summed E-state index contributed by atoms with van der Waals surface area (Å²) in [5, 5.41) is 4.62. The van der Waals surface area contributed by atoms with Gasteiger partial charge < -0.3 is 0 Å². The molecule has 0 atom stereocenters. The van der Waals surface area contributed by atoms with Crippen LogP contribution in [0.5, 0.6) is 0 Å². The van der Waals surface area contributed by atoms with Gasteiger partial charge in [0.05, 0.1) is 5.69 Å².